The first kappa shape index (κ1) is 25.1. The second-order valence-electron chi connectivity index (χ2n) is 11.2. The molecular formula is C26H38FN3O4. The van der Waals surface area contributed by atoms with Crippen LogP contribution in [0.25, 0.3) is 10.9 Å². The minimum Gasteiger partial charge on any atom is -0.461 e. The van der Waals surface area contributed by atoms with Crippen LogP contribution in [0.1, 0.15) is 82.8 Å². The number of hydrogen-bond acceptors (Lipinski definition) is 6. The van der Waals surface area contributed by atoms with Crippen molar-refractivity contribution >= 4 is 16.9 Å². The van der Waals surface area contributed by atoms with Gasteiger partial charge < -0.3 is 25.0 Å². The van der Waals surface area contributed by atoms with Gasteiger partial charge >= 0.3 is 5.97 Å². The highest BCUT2D eigenvalue weighted by molar-refractivity contribution is 5.96. The van der Waals surface area contributed by atoms with Gasteiger partial charge in [0, 0.05) is 18.0 Å². The first-order chi connectivity index (χ1) is 15.9. The number of aromatic nitrogens is 1. The Morgan fingerprint density at radius 2 is 2.06 bits per heavy atom. The minimum absolute atomic E-state index is 0.0780. The van der Waals surface area contributed by atoms with Crippen LogP contribution >= 0.6 is 0 Å². The molecule has 2 aromatic rings. The number of ether oxygens (including phenoxy) is 2. The molecule has 34 heavy (non-hydrogen) atoms. The summed E-state index contributed by atoms with van der Waals surface area (Å²) in [5.74, 6) is -0.639. The SMILES string of the molecule is CCOC(=O)c1cc2cc([C@@H]3CCOC(C)(C)C3)cc(F)c2n1[C@@]1(C(N)C(C)(C)NO)C[C@@H]1C. The average molecular weight is 476 g/mol. The molecule has 1 aliphatic carbocycles. The van der Waals surface area contributed by atoms with Gasteiger partial charge in [-0.1, -0.05) is 6.92 Å². The van der Waals surface area contributed by atoms with E-state index in [4.69, 9.17) is 15.2 Å². The number of nitrogens with two attached hydrogens (primary N) is 1. The summed E-state index contributed by atoms with van der Waals surface area (Å²) in [5, 5.41) is 10.4. The Balaban J connectivity index is 1.90. The highest BCUT2D eigenvalue weighted by Crippen LogP contribution is 2.56. The molecule has 2 heterocycles. The fourth-order valence-corrected chi connectivity index (χ4v) is 5.87. The van der Waals surface area contributed by atoms with E-state index in [0.717, 1.165) is 18.4 Å². The van der Waals surface area contributed by atoms with Crippen LogP contribution in [0.2, 0.25) is 0 Å². The van der Waals surface area contributed by atoms with Crippen molar-refractivity contribution in [3.05, 3.63) is 35.3 Å². The smallest absolute Gasteiger partial charge is 0.354 e. The van der Waals surface area contributed by atoms with Crippen molar-refractivity contribution in [2.24, 2.45) is 11.7 Å². The lowest BCUT2D eigenvalue weighted by Crippen LogP contribution is -2.60. The van der Waals surface area contributed by atoms with Gasteiger partial charge in [0.25, 0.3) is 0 Å². The maximum atomic E-state index is 15.9. The van der Waals surface area contributed by atoms with Crippen molar-refractivity contribution in [1.82, 2.24) is 10.0 Å². The highest BCUT2D eigenvalue weighted by Gasteiger charge is 2.62. The van der Waals surface area contributed by atoms with Crippen LogP contribution in [-0.2, 0) is 15.0 Å². The fourth-order valence-electron chi connectivity index (χ4n) is 5.87. The van der Waals surface area contributed by atoms with Crippen LogP contribution in [0.4, 0.5) is 4.39 Å². The minimum atomic E-state index is -0.864. The molecular weight excluding hydrogens is 437 g/mol. The molecule has 1 aromatic heterocycles. The van der Waals surface area contributed by atoms with Gasteiger partial charge in [-0.3, -0.25) is 0 Å². The van der Waals surface area contributed by atoms with E-state index in [1.54, 1.807) is 37.5 Å². The molecule has 1 aromatic carbocycles. The topological polar surface area (TPSA) is 98.7 Å². The number of rotatable bonds is 7. The summed E-state index contributed by atoms with van der Waals surface area (Å²) in [5.41, 5.74) is 8.70. The Morgan fingerprint density at radius 3 is 2.62 bits per heavy atom. The Bertz CT molecular complexity index is 1100. The zero-order chi connectivity index (χ0) is 25.1. The van der Waals surface area contributed by atoms with Crippen LogP contribution in [0.3, 0.4) is 0 Å². The Hall–Kier alpha value is -2.00. The van der Waals surface area contributed by atoms with Crippen molar-refractivity contribution in [2.75, 3.05) is 13.2 Å². The van der Waals surface area contributed by atoms with Crippen LogP contribution in [-0.4, -0.2) is 46.1 Å². The van der Waals surface area contributed by atoms with Gasteiger partial charge in [-0.15, -0.1) is 0 Å². The molecule has 0 spiro atoms. The Kier molecular flexibility index (Phi) is 6.34. The number of halogens is 1. The number of nitrogens with zero attached hydrogens (tertiary/aromatic N) is 1. The number of carbonyl (C=O) groups excluding carboxylic acids is 1. The largest absolute Gasteiger partial charge is 0.461 e. The quantitative estimate of drug-likeness (QED) is 0.404. The van der Waals surface area contributed by atoms with Gasteiger partial charge in [-0.2, -0.15) is 5.48 Å². The molecule has 0 radical (unpaired) electrons. The molecule has 8 heteroatoms. The van der Waals surface area contributed by atoms with Crippen molar-refractivity contribution < 1.29 is 23.9 Å². The summed E-state index contributed by atoms with van der Waals surface area (Å²) in [6.45, 7) is 12.3. The molecule has 4 N–H and O–H groups in total. The molecule has 7 nitrogen and oxygen atoms in total. The first-order valence-electron chi connectivity index (χ1n) is 12.2. The van der Waals surface area contributed by atoms with Gasteiger partial charge in [-0.05, 0) is 89.5 Å². The molecule has 0 bridgehead atoms. The van der Waals surface area contributed by atoms with Crippen molar-refractivity contribution in [1.29, 1.82) is 0 Å². The molecule has 1 unspecified atom stereocenters. The third-order valence-electron chi connectivity index (χ3n) is 7.87. The fraction of sp³-hybridized carbons (Fsp3) is 0.654. The lowest BCUT2D eigenvalue weighted by molar-refractivity contribution is -0.0593. The van der Waals surface area contributed by atoms with E-state index >= 15 is 4.39 Å². The van der Waals surface area contributed by atoms with Crippen LogP contribution in [0, 0.1) is 11.7 Å². The summed E-state index contributed by atoms with van der Waals surface area (Å²) >= 11 is 0. The summed E-state index contributed by atoms with van der Waals surface area (Å²) < 4.78 is 28.9. The van der Waals surface area contributed by atoms with E-state index in [1.165, 1.54) is 0 Å². The third-order valence-corrected chi connectivity index (χ3v) is 7.87. The maximum absolute atomic E-state index is 15.9. The van der Waals surface area contributed by atoms with E-state index in [-0.39, 0.29) is 35.6 Å². The van der Waals surface area contributed by atoms with Gasteiger partial charge in [0.05, 0.1) is 28.8 Å². The first-order valence-corrected chi connectivity index (χ1v) is 12.2. The highest BCUT2D eigenvalue weighted by atomic mass is 19.1. The van der Waals surface area contributed by atoms with E-state index < -0.39 is 23.1 Å². The molecule has 0 amide bonds. The molecule has 1 saturated heterocycles. The molecule has 1 saturated carbocycles. The van der Waals surface area contributed by atoms with Crippen molar-refractivity contribution in [3.63, 3.8) is 0 Å². The standard InChI is InChI=1S/C26H38FN3O4/c1-7-33-22(31)20-12-18-10-17(16-8-9-34-24(3,4)14-16)11-19(27)21(18)30(20)26(13-15(26)2)23(28)25(5,6)29-32/h10-12,15-16,23,29,32H,7-9,13-14,28H2,1-6H3/t15-,16+,23?,26-/m0/s1. The normalized spacial score (nSPS) is 27.6. The van der Waals surface area contributed by atoms with E-state index in [0.29, 0.717) is 23.9 Å². The summed E-state index contributed by atoms with van der Waals surface area (Å²) in [6, 6.07) is 4.72. The van der Waals surface area contributed by atoms with Crippen LogP contribution in [0.5, 0.6) is 0 Å². The van der Waals surface area contributed by atoms with E-state index in [1.807, 2.05) is 13.0 Å². The number of nitrogens with one attached hydrogen (secondary N) is 1. The number of fused-ring (bicyclic) bond motifs is 1. The zero-order valence-corrected chi connectivity index (χ0v) is 21.1. The zero-order valence-electron chi connectivity index (χ0n) is 21.1. The van der Waals surface area contributed by atoms with Crippen molar-refractivity contribution in [3.8, 4) is 0 Å². The van der Waals surface area contributed by atoms with Crippen LogP contribution < -0.4 is 11.2 Å². The van der Waals surface area contributed by atoms with Gasteiger partial charge in [-0.25, -0.2) is 9.18 Å². The van der Waals surface area contributed by atoms with Gasteiger partial charge in [0.1, 0.15) is 11.5 Å². The van der Waals surface area contributed by atoms with Gasteiger partial charge in [0.2, 0.25) is 0 Å². The summed E-state index contributed by atoms with van der Waals surface area (Å²) in [7, 11) is 0. The van der Waals surface area contributed by atoms with E-state index in [2.05, 4.69) is 19.3 Å². The number of carbonyl (C=O) groups is 1. The predicted octanol–water partition coefficient (Wildman–Crippen LogP) is 4.45. The van der Waals surface area contributed by atoms with Gasteiger partial charge in [0.15, 0.2) is 0 Å². The predicted molar refractivity (Wildman–Crippen MR) is 129 cm³/mol. The van der Waals surface area contributed by atoms with E-state index in [9.17, 15) is 10.0 Å². The number of benzene rings is 1. The number of hydrogen-bond donors (Lipinski definition) is 3. The lowest BCUT2D eigenvalue weighted by Gasteiger charge is -2.39. The lowest BCUT2D eigenvalue weighted by atomic mass is 9.83. The summed E-state index contributed by atoms with van der Waals surface area (Å²) in [4.78, 5) is 13.1. The third kappa shape index (κ3) is 4.04. The Labute approximate surface area is 200 Å². The molecule has 2 fully saturated rings. The van der Waals surface area contributed by atoms with Crippen LogP contribution in [0.15, 0.2) is 18.2 Å². The molecule has 4 atom stereocenters. The average Bonchev–Trinajstić information content (AvgIpc) is 3.27. The monoisotopic (exact) mass is 475 g/mol. The number of hydroxylamine groups is 1. The Morgan fingerprint density at radius 1 is 1.38 bits per heavy atom. The second kappa shape index (κ2) is 8.59. The van der Waals surface area contributed by atoms with Crippen molar-refractivity contribution in [2.45, 2.75) is 89.4 Å². The molecule has 4 rings (SSSR count). The second-order valence-corrected chi connectivity index (χ2v) is 11.2. The summed E-state index contributed by atoms with van der Waals surface area (Å²) in [6.07, 6.45) is 2.28. The molecule has 2 aliphatic rings. The number of esters is 1. The molecule has 188 valence electrons. The maximum Gasteiger partial charge on any atom is 0.354 e. The molecule has 1 aliphatic heterocycles.